The maximum Gasteiger partial charge on any atom is 0.133 e. The van der Waals surface area contributed by atoms with Gasteiger partial charge in [0.25, 0.3) is 0 Å². The molecule has 0 bridgehead atoms. The summed E-state index contributed by atoms with van der Waals surface area (Å²) in [6.45, 7) is 0. The van der Waals surface area contributed by atoms with Gasteiger partial charge >= 0.3 is 0 Å². The van der Waals surface area contributed by atoms with E-state index in [1.54, 1.807) is 6.07 Å². The summed E-state index contributed by atoms with van der Waals surface area (Å²) in [4.78, 5) is 0. The lowest BCUT2D eigenvalue weighted by molar-refractivity contribution is 0.625. The Morgan fingerprint density at radius 1 is 1.62 bits per heavy atom. The Hall–Kier alpha value is -1.40. The Balaban J connectivity index is 3.14. The molecule has 0 aliphatic heterocycles. The fourth-order valence-corrected chi connectivity index (χ4v) is 1.23. The van der Waals surface area contributed by atoms with Crippen LogP contribution < -0.4 is 0 Å². The largest absolute Gasteiger partial charge is 0.303 e. The Bertz CT molecular complexity index is 361. The van der Waals surface area contributed by atoms with Crippen LogP contribution in [0.1, 0.15) is 12.0 Å². The minimum absolute atomic E-state index is 0.0192. The second-order valence-electron chi connectivity index (χ2n) is 2.41. The third-order valence-corrected chi connectivity index (χ3v) is 1.84. The van der Waals surface area contributed by atoms with E-state index >= 15 is 0 Å². The molecule has 1 aromatic carbocycles. The zero-order chi connectivity index (χ0) is 9.84. The molecule has 1 aromatic rings. The van der Waals surface area contributed by atoms with Gasteiger partial charge in [-0.05, 0) is 12.1 Å². The van der Waals surface area contributed by atoms with Gasteiger partial charge in [-0.3, -0.25) is 0 Å². The molecule has 1 rings (SSSR count). The van der Waals surface area contributed by atoms with E-state index in [0.717, 1.165) is 0 Å². The quantitative estimate of drug-likeness (QED) is 0.727. The Morgan fingerprint density at radius 2 is 2.31 bits per heavy atom. The summed E-state index contributed by atoms with van der Waals surface area (Å²) in [5.41, 5.74) is -0.0729. The van der Waals surface area contributed by atoms with Crippen molar-refractivity contribution in [2.75, 3.05) is 0 Å². The maximum absolute atomic E-state index is 13.1. The molecule has 0 aliphatic rings. The van der Waals surface area contributed by atoms with Gasteiger partial charge < -0.3 is 5.41 Å². The van der Waals surface area contributed by atoms with Gasteiger partial charge in [0.05, 0.1) is 28.8 Å². The second-order valence-corrected chi connectivity index (χ2v) is 2.82. The molecule has 2 nitrogen and oxygen atoms in total. The van der Waals surface area contributed by atoms with E-state index in [4.69, 9.17) is 22.3 Å². The summed E-state index contributed by atoms with van der Waals surface area (Å²) in [6, 6.07) is 5.94. The van der Waals surface area contributed by atoms with Crippen LogP contribution in [0.15, 0.2) is 18.2 Å². The predicted molar refractivity (Wildman–Crippen MR) is 48.5 cm³/mol. The molecule has 0 saturated heterocycles. The van der Waals surface area contributed by atoms with Crippen LogP contribution in [-0.4, -0.2) is 5.71 Å². The van der Waals surface area contributed by atoms with E-state index in [2.05, 4.69) is 0 Å². The molecule has 0 aromatic heterocycles. The van der Waals surface area contributed by atoms with E-state index in [1.165, 1.54) is 18.2 Å². The minimum Gasteiger partial charge on any atom is -0.303 e. The number of nitrogens with zero attached hydrogens (tertiary/aromatic N) is 1. The number of nitriles is 1. The average molecular weight is 197 g/mol. The van der Waals surface area contributed by atoms with Gasteiger partial charge in [-0.1, -0.05) is 17.7 Å². The van der Waals surface area contributed by atoms with Crippen molar-refractivity contribution >= 4 is 17.3 Å². The highest BCUT2D eigenvalue weighted by Crippen LogP contribution is 2.20. The fraction of sp³-hybridized carbons (Fsp3) is 0.111. The van der Waals surface area contributed by atoms with Gasteiger partial charge in [0.1, 0.15) is 5.82 Å². The second kappa shape index (κ2) is 4.01. The standard InChI is InChI=1S/C9H6ClFN2/c10-6-2-1-3-7(11)9(6)8(13)4-5-12/h1-3,13H,4H2. The van der Waals surface area contributed by atoms with Crippen molar-refractivity contribution in [3.8, 4) is 6.07 Å². The molecule has 0 fully saturated rings. The molecule has 0 spiro atoms. The molecule has 13 heavy (non-hydrogen) atoms. The van der Waals surface area contributed by atoms with Crippen LogP contribution in [0.25, 0.3) is 0 Å². The topological polar surface area (TPSA) is 47.6 Å². The lowest BCUT2D eigenvalue weighted by atomic mass is 10.1. The molecule has 0 aliphatic carbocycles. The van der Waals surface area contributed by atoms with Crippen molar-refractivity contribution in [3.63, 3.8) is 0 Å². The number of hydrogen-bond donors (Lipinski definition) is 1. The molecule has 0 radical (unpaired) electrons. The van der Waals surface area contributed by atoms with Crippen molar-refractivity contribution < 1.29 is 4.39 Å². The van der Waals surface area contributed by atoms with E-state index in [9.17, 15) is 4.39 Å². The highest BCUT2D eigenvalue weighted by atomic mass is 35.5. The van der Waals surface area contributed by atoms with Crippen LogP contribution in [-0.2, 0) is 0 Å². The van der Waals surface area contributed by atoms with E-state index in [0.29, 0.717) is 0 Å². The van der Waals surface area contributed by atoms with Gasteiger partial charge in [0.2, 0.25) is 0 Å². The van der Waals surface area contributed by atoms with Crippen molar-refractivity contribution in [1.29, 1.82) is 10.7 Å². The number of benzene rings is 1. The SMILES string of the molecule is N#CCC(=N)c1c(F)cccc1Cl. The lowest BCUT2D eigenvalue weighted by Gasteiger charge is -2.03. The predicted octanol–water partition coefficient (Wildman–Crippen LogP) is 2.76. The Labute approximate surface area is 80.1 Å². The van der Waals surface area contributed by atoms with Crippen molar-refractivity contribution in [2.45, 2.75) is 6.42 Å². The summed E-state index contributed by atoms with van der Waals surface area (Å²) >= 11 is 5.67. The molecule has 4 heteroatoms. The van der Waals surface area contributed by atoms with Crippen LogP contribution in [0.3, 0.4) is 0 Å². The van der Waals surface area contributed by atoms with Crippen LogP contribution in [0.4, 0.5) is 4.39 Å². The molecular formula is C9H6ClFN2. The molecule has 0 atom stereocenters. The minimum atomic E-state index is -0.562. The first-order valence-corrected chi connectivity index (χ1v) is 3.93. The normalized spacial score (nSPS) is 9.31. The number of halogens is 2. The number of nitrogens with one attached hydrogen (secondary N) is 1. The van der Waals surface area contributed by atoms with Gasteiger partial charge in [-0.15, -0.1) is 0 Å². The maximum atomic E-state index is 13.1. The van der Waals surface area contributed by atoms with Gasteiger partial charge in [0.15, 0.2) is 0 Å². The summed E-state index contributed by atoms with van der Waals surface area (Å²) in [6.07, 6.45) is -0.138. The summed E-state index contributed by atoms with van der Waals surface area (Å²) in [5.74, 6) is -0.562. The molecule has 0 unspecified atom stereocenters. The fourth-order valence-electron chi connectivity index (χ4n) is 0.954. The molecule has 66 valence electrons. The molecular weight excluding hydrogens is 191 g/mol. The summed E-state index contributed by atoms with van der Waals surface area (Å²) < 4.78 is 13.1. The smallest absolute Gasteiger partial charge is 0.133 e. The van der Waals surface area contributed by atoms with Crippen LogP contribution in [0.5, 0.6) is 0 Å². The zero-order valence-corrected chi connectivity index (χ0v) is 7.40. The lowest BCUT2D eigenvalue weighted by Crippen LogP contribution is -2.01. The molecule has 0 saturated carbocycles. The number of hydrogen-bond acceptors (Lipinski definition) is 2. The monoisotopic (exact) mass is 196 g/mol. The van der Waals surface area contributed by atoms with Crippen molar-refractivity contribution in [3.05, 3.63) is 34.6 Å². The van der Waals surface area contributed by atoms with Crippen LogP contribution in [0.2, 0.25) is 5.02 Å². The molecule has 0 heterocycles. The van der Waals surface area contributed by atoms with Crippen molar-refractivity contribution in [1.82, 2.24) is 0 Å². The molecule has 1 N–H and O–H groups in total. The van der Waals surface area contributed by atoms with E-state index in [1.807, 2.05) is 0 Å². The first-order valence-electron chi connectivity index (χ1n) is 3.55. The highest BCUT2D eigenvalue weighted by Gasteiger charge is 2.11. The van der Waals surface area contributed by atoms with Crippen LogP contribution in [0, 0.1) is 22.6 Å². The van der Waals surface area contributed by atoms with Gasteiger partial charge in [-0.25, -0.2) is 4.39 Å². The summed E-state index contributed by atoms with van der Waals surface area (Å²) in [5, 5.41) is 15.9. The third-order valence-electron chi connectivity index (χ3n) is 1.52. The van der Waals surface area contributed by atoms with Gasteiger partial charge in [0, 0.05) is 0 Å². The Kier molecular flexibility index (Phi) is 2.99. The average Bonchev–Trinajstić information content (AvgIpc) is 2.04. The first-order chi connectivity index (χ1) is 6.16. The first kappa shape index (κ1) is 9.69. The number of rotatable bonds is 2. The summed E-state index contributed by atoms with van der Waals surface area (Å²) in [7, 11) is 0. The molecule has 0 amide bonds. The third kappa shape index (κ3) is 2.04. The van der Waals surface area contributed by atoms with E-state index in [-0.39, 0.29) is 22.7 Å². The van der Waals surface area contributed by atoms with Gasteiger partial charge in [-0.2, -0.15) is 5.26 Å². The van der Waals surface area contributed by atoms with E-state index < -0.39 is 5.82 Å². The Morgan fingerprint density at radius 3 is 2.85 bits per heavy atom. The van der Waals surface area contributed by atoms with Crippen molar-refractivity contribution in [2.24, 2.45) is 0 Å². The highest BCUT2D eigenvalue weighted by molar-refractivity contribution is 6.34. The zero-order valence-electron chi connectivity index (χ0n) is 6.64. The van der Waals surface area contributed by atoms with Crippen LogP contribution >= 0.6 is 11.6 Å².